The Bertz CT molecular complexity index is 1300. The van der Waals surface area contributed by atoms with Crippen LogP contribution in [0.15, 0.2) is 64.5 Å². The highest BCUT2D eigenvalue weighted by Gasteiger charge is 2.15. The second-order valence-corrected chi connectivity index (χ2v) is 9.36. The average molecular weight is 526 g/mol. The van der Waals surface area contributed by atoms with Crippen molar-refractivity contribution in [2.75, 3.05) is 12.1 Å². The molecule has 2 aromatic heterocycles. The Labute approximate surface area is 203 Å². The maximum absolute atomic E-state index is 12.7. The number of carbonyl (C=O) groups is 1. The summed E-state index contributed by atoms with van der Waals surface area (Å²) in [7, 11) is 0. The third-order valence-electron chi connectivity index (χ3n) is 5.10. The molecule has 5 rings (SSSR count). The van der Waals surface area contributed by atoms with Crippen molar-refractivity contribution in [1.82, 2.24) is 9.78 Å². The number of nitrogens with one attached hydrogen (secondary N) is 1. The molecule has 0 fully saturated rings. The van der Waals surface area contributed by atoms with Gasteiger partial charge in [-0.2, -0.15) is 5.10 Å². The van der Waals surface area contributed by atoms with Crippen LogP contribution in [-0.4, -0.2) is 22.5 Å². The topological polar surface area (TPSA) is 74.6 Å². The SMILES string of the molecule is Cc1cc(NC(=O)c2cc(COc3ccc4c(c3)OCO4)cs2)nn1Cc1ccc(Br)cc1. The first kappa shape index (κ1) is 21.5. The molecule has 0 spiro atoms. The molecule has 1 amide bonds. The number of carbonyl (C=O) groups excluding carboxylic acids is 1. The van der Waals surface area contributed by atoms with Crippen LogP contribution >= 0.6 is 27.3 Å². The van der Waals surface area contributed by atoms with Crippen molar-refractivity contribution in [3.8, 4) is 17.2 Å². The number of rotatable bonds is 7. The molecule has 0 saturated carbocycles. The number of aromatic nitrogens is 2. The lowest BCUT2D eigenvalue weighted by atomic mass is 10.2. The minimum atomic E-state index is -0.192. The van der Waals surface area contributed by atoms with E-state index in [9.17, 15) is 4.79 Å². The van der Waals surface area contributed by atoms with Crippen molar-refractivity contribution in [3.05, 3.63) is 86.1 Å². The molecular formula is C24H20BrN3O4S. The zero-order valence-electron chi connectivity index (χ0n) is 17.7. The Kier molecular flexibility index (Phi) is 6.06. The number of anilines is 1. The molecule has 4 aromatic rings. The van der Waals surface area contributed by atoms with Crippen molar-refractivity contribution in [2.24, 2.45) is 0 Å². The maximum atomic E-state index is 12.7. The first-order valence-electron chi connectivity index (χ1n) is 10.2. The zero-order valence-corrected chi connectivity index (χ0v) is 20.1. The fourth-order valence-corrected chi connectivity index (χ4v) is 4.43. The number of ether oxygens (including phenoxy) is 3. The normalized spacial score (nSPS) is 12.1. The van der Waals surface area contributed by atoms with E-state index in [2.05, 4.69) is 26.3 Å². The van der Waals surface area contributed by atoms with Crippen LogP contribution in [0.2, 0.25) is 0 Å². The van der Waals surface area contributed by atoms with E-state index < -0.39 is 0 Å². The summed E-state index contributed by atoms with van der Waals surface area (Å²) in [6, 6.07) is 17.2. The lowest BCUT2D eigenvalue weighted by molar-refractivity contribution is 0.103. The summed E-state index contributed by atoms with van der Waals surface area (Å²) in [5.41, 5.74) is 3.02. The highest BCUT2D eigenvalue weighted by molar-refractivity contribution is 9.10. The molecule has 0 bridgehead atoms. The van der Waals surface area contributed by atoms with Crippen LogP contribution in [-0.2, 0) is 13.2 Å². The Hall–Kier alpha value is -3.30. The molecule has 3 heterocycles. The predicted octanol–water partition coefficient (Wildman–Crippen LogP) is 5.62. The van der Waals surface area contributed by atoms with E-state index in [-0.39, 0.29) is 12.7 Å². The van der Waals surface area contributed by atoms with Gasteiger partial charge < -0.3 is 19.5 Å². The van der Waals surface area contributed by atoms with E-state index >= 15 is 0 Å². The summed E-state index contributed by atoms with van der Waals surface area (Å²) < 4.78 is 19.4. The van der Waals surface area contributed by atoms with Gasteiger partial charge in [0.15, 0.2) is 17.3 Å². The van der Waals surface area contributed by atoms with Crippen LogP contribution in [0.25, 0.3) is 0 Å². The van der Waals surface area contributed by atoms with Gasteiger partial charge in [-0.25, -0.2) is 0 Å². The first-order chi connectivity index (χ1) is 16.0. The smallest absolute Gasteiger partial charge is 0.266 e. The Balaban J connectivity index is 1.19. The van der Waals surface area contributed by atoms with E-state index in [1.807, 2.05) is 65.5 Å². The van der Waals surface area contributed by atoms with Gasteiger partial charge in [0.2, 0.25) is 6.79 Å². The van der Waals surface area contributed by atoms with E-state index in [1.54, 1.807) is 6.07 Å². The summed E-state index contributed by atoms with van der Waals surface area (Å²) >= 11 is 4.82. The molecule has 1 N–H and O–H groups in total. The van der Waals surface area contributed by atoms with Gasteiger partial charge >= 0.3 is 0 Å². The van der Waals surface area contributed by atoms with Crippen molar-refractivity contribution in [1.29, 1.82) is 0 Å². The number of fused-ring (bicyclic) bond motifs is 1. The molecule has 168 valence electrons. The largest absolute Gasteiger partial charge is 0.489 e. The van der Waals surface area contributed by atoms with Gasteiger partial charge in [0.25, 0.3) is 5.91 Å². The molecule has 9 heteroatoms. The number of nitrogens with zero attached hydrogens (tertiary/aromatic N) is 2. The second kappa shape index (κ2) is 9.29. The highest BCUT2D eigenvalue weighted by Crippen LogP contribution is 2.35. The standard InChI is InChI=1S/C24H20BrN3O4S/c1-15-8-23(27-28(15)11-16-2-4-18(25)5-3-16)26-24(29)22-9-17(13-33-22)12-30-19-6-7-20-21(10-19)32-14-31-20/h2-10,13H,11-12,14H2,1H3,(H,26,27,29). The zero-order chi connectivity index (χ0) is 22.8. The monoisotopic (exact) mass is 525 g/mol. The Morgan fingerprint density at radius 1 is 1.12 bits per heavy atom. The van der Waals surface area contributed by atoms with Gasteiger partial charge in [0.05, 0.1) is 11.4 Å². The van der Waals surface area contributed by atoms with Crippen LogP contribution in [0.4, 0.5) is 5.82 Å². The van der Waals surface area contributed by atoms with Crippen LogP contribution in [0, 0.1) is 6.92 Å². The third-order valence-corrected chi connectivity index (χ3v) is 6.60. The number of amides is 1. The Morgan fingerprint density at radius 2 is 1.94 bits per heavy atom. The van der Waals surface area contributed by atoms with Crippen LogP contribution in [0.3, 0.4) is 0 Å². The number of halogens is 1. The molecule has 0 saturated heterocycles. The van der Waals surface area contributed by atoms with Crippen molar-refractivity contribution < 1.29 is 19.0 Å². The van der Waals surface area contributed by atoms with Crippen molar-refractivity contribution >= 4 is 39.0 Å². The summed E-state index contributed by atoms with van der Waals surface area (Å²) in [6.07, 6.45) is 0. The quantitative estimate of drug-likeness (QED) is 0.338. The van der Waals surface area contributed by atoms with Crippen LogP contribution in [0.5, 0.6) is 17.2 Å². The second-order valence-electron chi connectivity index (χ2n) is 7.53. The molecule has 1 aliphatic heterocycles. The number of hydrogen-bond acceptors (Lipinski definition) is 6. The molecule has 0 aliphatic carbocycles. The average Bonchev–Trinajstić information content (AvgIpc) is 3.54. The lowest BCUT2D eigenvalue weighted by Crippen LogP contribution is -2.11. The van der Waals surface area contributed by atoms with Gasteiger partial charge in [-0.05, 0) is 48.2 Å². The molecule has 2 aromatic carbocycles. The summed E-state index contributed by atoms with van der Waals surface area (Å²) in [6.45, 7) is 3.18. The van der Waals surface area contributed by atoms with Gasteiger partial charge in [-0.1, -0.05) is 28.1 Å². The van der Waals surface area contributed by atoms with E-state index in [0.29, 0.717) is 41.1 Å². The fraction of sp³-hybridized carbons (Fsp3) is 0.167. The number of benzene rings is 2. The highest BCUT2D eigenvalue weighted by atomic mass is 79.9. The minimum absolute atomic E-state index is 0.192. The summed E-state index contributed by atoms with van der Waals surface area (Å²) in [5.74, 6) is 2.41. The van der Waals surface area contributed by atoms with Gasteiger partial charge in [-0.15, -0.1) is 11.3 Å². The molecule has 0 unspecified atom stereocenters. The molecule has 7 nitrogen and oxygen atoms in total. The minimum Gasteiger partial charge on any atom is -0.489 e. The fourth-order valence-electron chi connectivity index (χ4n) is 3.38. The molecule has 0 atom stereocenters. The van der Waals surface area contributed by atoms with Gasteiger partial charge in [0.1, 0.15) is 12.4 Å². The predicted molar refractivity (Wildman–Crippen MR) is 129 cm³/mol. The number of thiophene rings is 1. The van der Waals surface area contributed by atoms with Crippen LogP contribution in [0.1, 0.15) is 26.5 Å². The molecule has 1 aliphatic rings. The first-order valence-corrected chi connectivity index (χ1v) is 11.9. The Morgan fingerprint density at radius 3 is 2.79 bits per heavy atom. The van der Waals surface area contributed by atoms with Crippen molar-refractivity contribution in [3.63, 3.8) is 0 Å². The maximum Gasteiger partial charge on any atom is 0.266 e. The van der Waals surface area contributed by atoms with Gasteiger partial charge in [-0.3, -0.25) is 9.48 Å². The number of hydrogen-bond donors (Lipinski definition) is 1. The van der Waals surface area contributed by atoms with Crippen LogP contribution < -0.4 is 19.5 Å². The summed E-state index contributed by atoms with van der Waals surface area (Å²) in [4.78, 5) is 13.3. The molecule has 33 heavy (non-hydrogen) atoms. The van der Waals surface area contributed by atoms with E-state index in [1.165, 1.54) is 11.3 Å². The third kappa shape index (κ3) is 5.04. The van der Waals surface area contributed by atoms with E-state index in [4.69, 9.17) is 14.2 Å². The van der Waals surface area contributed by atoms with E-state index in [0.717, 1.165) is 21.3 Å². The van der Waals surface area contributed by atoms with Crippen molar-refractivity contribution in [2.45, 2.75) is 20.1 Å². The lowest BCUT2D eigenvalue weighted by Gasteiger charge is -2.05. The molecule has 0 radical (unpaired) electrons. The summed E-state index contributed by atoms with van der Waals surface area (Å²) in [5, 5.41) is 9.34. The molecular weight excluding hydrogens is 506 g/mol. The van der Waals surface area contributed by atoms with Gasteiger partial charge in [0, 0.05) is 27.9 Å². The number of aryl methyl sites for hydroxylation is 1.